The molecule has 6 heteroatoms. The maximum Gasteiger partial charge on any atom is 0.336 e. The van der Waals surface area contributed by atoms with Crippen LogP contribution in [0.25, 0.3) is 0 Å². The molecule has 0 heterocycles. The zero-order valence-electron chi connectivity index (χ0n) is 8.68. The Morgan fingerprint density at radius 2 is 1.25 bits per heavy atom. The van der Waals surface area contributed by atoms with Crippen molar-refractivity contribution >= 4 is 35.5 Å². The van der Waals surface area contributed by atoms with Crippen LogP contribution in [0.2, 0.25) is 0 Å². The first-order chi connectivity index (χ1) is 7.51. The Hall–Kier alpha value is -1.14. The van der Waals surface area contributed by atoms with Crippen molar-refractivity contribution in [1.29, 1.82) is 0 Å². The molecule has 0 unspecified atom stereocenters. The molecular formula is C10H10O4S2. The maximum atomic E-state index is 11.0. The van der Waals surface area contributed by atoms with Crippen LogP contribution in [0.5, 0.6) is 0 Å². The second-order valence-electron chi connectivity index (χ2n) is 2.86. The van der Waals surface area contributed by atoms with Crippen LogP contribution in [0.1, 0.15) is 20.7 Å². The lowest BCUT2D eigenvalue weighted by atomic mass is 10.1. The Morgan fingerprint density at radius 1 is 0.938 bits per heavy atom. The van der Waals surface area contributed by atoms with E-state index in [-0.39, 0.29) is 11.1 Å². The van der Waals surface area contributed by atoms with Gasteiger partial charge in [0, 0.05) is 9.79 Å². The molecule has 0 aliphatic rings. The molecule has 86 valence electrons. The van der Waals surface area contributed by atoms with Gasteiger partial charge in [-0.2, -0.15) is 0 Å². The molecule has 0 aromatic heterocycles. The molecule has 0 spiro atoms. The minimum Gasteiger partial charge on any atom is -0.478 e. The van der Waals surface area contributed by atoms with Crippen LogP contribution in [0.3, 0.4) is 0 Å². The molecule has 0 saturated heterocycles. The standard InChI is InChI=1S/C10H10O4S2/c1-15-7-3-6(10(13)14)8(16-2)4-5(7)9(11)12/h3-4H,1-2H3,(H,11,12)(H,13,14). The number of carboxylic acid groups (broad SMARTS) is 2. The Balaban J connectivity index is 3.46. The van der Waals surface area contributed by atoms with E-state index in [0.29, 0.717) is 9.79 Å². The first kappa shape index (κ1) is 12.9. The van der Waals surface area contributed by atoms with Crippen molar-refractivity contribution in [1.82, 2.24) is 0 Å². The van der Waals surface area contributed by atoms with Crippen LogP contribution in [0, 0.1) is 0 Å². The van der Waals surface area contributed by atoms with Gasteiger partial charge in [-0.05, 0) is 24.6 Å². The third kappa shape index (κ3) is 2.51. The molecule has 0 aliphatic carbocycles. The van der Waals surface area contributed by atoms with Crippen molar-refractivity contribution in [3.8, 4) is 0 Å². The van der Waals surface area contributed by atoms with E-state index in [9.17, 15) is 9.59 Å². The van der Waals surface area contributed by atoms with E-state index in [1.807, 2.05) is 0 Å². The van der Waals surface area contributed by atoms with Gasteiger partial charge in [-0.15, -0.1) is 23.5 Å². The summed E-state index contributed by atoms with van der Waals surface area (Å²) in [6.07, 6.45) is 3.43. The van der Waals surface area contributed by atoms with Gasteiger partial charge in [-0.1, -0.05) is 0 Å². The largest absolute Gasteiger partial charge is 0.478 e. The van der Waals surface area contributed by atoms with Gasteiger partial charge < -0.3 is 10.2 Å². The Labute approximate surface area is 101 Å². The van der Waals surface area contributed by atoms with Crippen LogP contribution in [0.15, 0.2) is 21.9 Å². The summed E-state index contributed by atoms with van der Waals surface area (Å²) >= 11 is 2.44. The molecule has 1 aromatic carbocycles. The van der Waals surface area contributed by atoms with Gasteiger partial charge in [-0.25, -0.2) is 9.59 Å². The molecule has 0 amide bonds. The quantitative estimate of drug-likeness (QED) is 0.808. The number of thioether (sulfide) groups is 2. The summed E-state index contributed by atoms with van der Waals surface area (Å²) in [6, 6.07) is 2.81. The predicted molar refractivity (Wildman–Crippen MR) is 63.9 cm³/mol. The number of carbonyl (C=O) groups is 2. The third-order valence-electron chi connectivity index (χ3n) is 1.98. The maximum absolute atomic E-state index is 11.0. The average Bonchev–Trinajstić information content (AvgIpc) is 2.26. The van der Waals surface area contributed by atoms with Crippen molar-refractivity contribution in [3.05, 3.63) is 23.3 Å². The lowest BCUT2D eigenvalue weighted by molar-refractivity contribution is 0.0675. The molecule has 1 rings (SSSR count). The highest BCUT2D eigenvalue weighted by atomic mass is 32.2. The van der Waals surface area contributed by atoms with E-state index >= 15 is 0 Å². The molecular weight excluding hydrogens is 248 g/mol. The topological polar surface area (TPSA) is 74.6 Å². The summed E-state index contributed by atoms with van der Waals surface area (Å²) in [5.41, 5.74) is 0.281. The lowest BCUT2D eigenvalue weighted by Crippen LogP contribution is -2.05. The number of benzene rings is 1. The van der Waals surface area contributed by atoms with Crippen LogP contribution >= 0.6 is 23.5 Å². The minimum absolute atomic E-state index is 0.141. The van der Waals surface area contributed by atoms with Gasteiger partial charge in [0.15, 0.2) is 0 Å². The number of hydrogen-bond acceptors (Lipinski definition) is 4. The van der Waals surface area contributed by atoms with E-state index in [1.54, 1.807) is 12.5 Å². The number of aromatic carboxylic acids is 2. The summed E-state index contributed by atoms with van der Waals surface area (Å²) in [5, 5.41) is 18.0. The zero-order chi connectivity index (χ0) is 12.3. The van der Waals surface area contributed by atoms with Crippen molar-refractivity contribution < 1.29 is 19.8 Å². The highest BCUT2D eigenvalue weighted by molar-refractivity contribution is 7.99. The lowest BCUT2D eigenvalue weighted by Gasteiger charge is -2.08. The molecule has 0 atom stereocenters. The molecule has 4 nitrogen and oxygen atoms in total. The molecule has 0 bridgehead atoms. The smallest absolute Gasteiger partial charge is 0.336 e. The number of hydrogen-bond donors (Lipinski definition) is 2. The number of carboxylic acids is 2. The van der Waals surface area contributed by atoms with Gasteiger partial charge >= 0.3 is 11.9 Å². The summed E-state index contributed by atoms with van der Waals surface area (Å²) in [6.45, 7) is 0. The average molecular weight is 258 g/mol. The fraction of sp³-hybridized carbons (Fsp3) is 0.200. The summed E-state index contributed by atoms with van der Waals surface area (Å²) in [7, 11) is 0. The Bertz CT molecular complexity index is 401. The highest BCUT2D eigenvalue weighted by Crippen LogP contribution is 2.29. The molecule has 0 radical (unpaired) electrons. The second-order valence-corrected chi connectivity index (χ2v) is 4.56. The van der Waals surface area contributed by atoms with E-state index in [4.69, 9.17) is 10.2 Å². The van der Waals surface area contributed by atoms with Crippen molar-refractivity contribution in [2.24, 2.45) is 0 Å². The first-order valence-electron chi connectivity index (χ1n) is 4.23. The first-order valence-corrected chi connectivity index (χ1v) is 6.68. The summed E-state index contributed by atoms with van der Waals surface area (Å²) in [5.74, 6) is -2.09. The fourth-order valence-corrected chi connectivity index (χ4v) is 2.44. The molecule has 2 N–H and O–H groups in total. The molecule has 0 fully saturated rings. The summed E-state index contributed by atoms with van der Waals surface area (Å²) < 4.78 is 0. The molecule has 0 aliphatic heterocycles. The van der Waals surface area contributed by atoms with Gasteiger partial charge in [0.05, 0.1) is 11.1 Å². The molecule has 16 heavy (non-hydrogen) atoms. The molecule has 0 saturated carbocycles. The fourth-order valence-electron chi connectivity index (χ4n) is 1.23. The normalized spacial score (nSPS) is 10.1. The highest BCUT2D eigenvalue weighted by Gasteiger charge is 2.17. The van der Waals surface area contributed by atoms with Gasteiger partial charge in [0.1, 0.15) is 0 Å². The van der Waals surface area contributed by atoms with Crippen molar-refractivity contribution in [3.63, 3.8) is 0 Å². The van der Waals surface area contributed by atoms with E-state index in [2.05, 4.69) is 0 Å². The second kappa shape index (κ2) is 5.27. The van der Waals surface area contributed by atoms with Gasteiger partial charge in [0.25, 0.3) is 0 Å². The van der Waals surface area contributed by atoms with E-state index in [1.165, 1.54) is 35.7 Å². The zero-order valence-corrected chi connectivity index (χ0v) is 10.3. The van der Waals surface area contributed by atoms with Crippen LogP contribution < -0.4 is 0 Å². The number of rotatable bonds is 4. The minimum atomic E-state index is -1.04. The summed E-state index contributed by atoms with van der Waals surface area (Å²) in [4.78, 5) is 22.8. The van der Waals surface area contributed by atoms with Gasteiger partial charge in [0.2, 0.25) is 0 Å². The Morgan fingerprint density at radius 3 is 1.44 bits per heavy atom. The van der Waals surface area contributed by atoms with Gasteiger partial charge in [-0.3, -0.25) is 0 Å². The third-order valence-corrected chi connectivity index (χ3v) is 3.54. The monoisotopic (exact) mass is 258 g/mol. The van der Waals surface area contributed by atoms with Crippen LogP contribution in [0.4, 0.5) is 0 Å². The molecule has 1 aromatic rings. The van der Waals surface area contributed by atoms with E-state index < -0.39 is 11.9 Å². The van der Waals surface area contributed by atoms with E-state index in [0.717, 1.165) is 0 Å². The Kier molecular flexibility index (Phi) is 4.26. The van der Waals surface area contributed by atoms with Crippen LogP contribution in [-0.4, -0.2) is 34.7 Å². The van der Waals surface area contributed by atoms with Crippen LogP contribution in [-0.2, 0) is 0 Å². The predicted octanol–water partition coefficient (Wildman–Crippen LogP) is 2.53. The SMILES string of the molecule is CSc1cc(C(=O)O)c(SC)cc1C(=O)O. The van der Waals surface area contributed by atoms with Crippen molar-refractivity contribution in [2.45, 2.75) is 9.79 Å². The van der Waals surface area contributed by atoms with Crippen molar-refractivity contribution in [2.75, 3.05) is 12.5 Å².